The van der Waals surface area contributed by atoms with Gasteiger partial charge in [-0.05, 0) is 40.2 Å². The minimum Gasteiger partial charge on any atom is -0.359 e. The number of halogens is 3. The van der Waals surface area contributed by atoms with E-state index in [1.807, 2.05) is 36.4 Å². The van der Waals surface area contributed by atoms with Crippen LogP contribution in [0.2, 0.25) is 23.4 Å². The third kappa shape index (κ3) is 14.4. The van der Waals surface area contributed by atoms with Crippen LogP contribution in [0, 0.1) is 0 Å². The summed E-state index contributed by atoms with van der Waals surface area (Å²) in [5.74, 6) is -2.72. The zero-order chi connectivity index (χ0) is 58.2. The van der Waals surface area contributed by atoms with Gasteiger partial charge in [0.2, 0.25) is 0 Å². The summed E-state index contributed by atoms with van der Waals surface area (Å²) in [4.78, 5) is 114. The molecule has 2 aliphatic heterocycles. The molecule has 2 fully saturated rings. The number of ketones is 2. The fourth-order valence-corrected chi connectivity index (χ4v) is 26.7. The Morgan fingerprint density at radius 3 is 1.35 bits per heavy atom. The average molecular weight is 1320 g/mol. The van der Waals surface area contributed by atoms with Crippen molar-refractivity contribution in [1.82, 2.24) is 59.5 Å². The molecule has 2 aliphatic rings. The van der Waals surface area contributed by atoms with Gasteiger partial charge in [0.1, 0.15) is 10.9 Å². The fraction of sp³-hybridized carbons (Fsp3) is 0.333. The molecule has 2 N–H and O–H groups in total. The fourth-order valence-electron chi connectivity index (χ4n) is 10.4. The maximum Gasteiger partial charge on any atom is 0.295 e. The minimum atomic E-state index is -2.22. The molecule has 4 amide bonds. The molecule has 8 aromatic rings. The molecule has 10 rings (SSSR count). The van der Waals surface area contributed by atoms with Gasteiger partial charge in [-0.1, -0.05) is 59.6 Å². The van der Waals surface area contributed by atoms with Crippen LogP contribution in [0.1, 0.15) is 101 Å². The average Bonchev–Trinajstić information content (AvgIpc) is 4.41. The number of nitrogens with one attached hydrogen (secondary N) is 2. The van der Waals surface area contributed by atoms with Gasteiger partial charge in [-0.2, -0.15) is 0 Å². The number of carbonyl (C=O) groups is 6. The molecule has 0 aliphatic carbocycles. The number of amides is 4. The van der Waals surface area contributed by atoms with Crippen LogP contribution in [0.4, 0.5) is 0 Å². The second-order valence-corrected chi connectivity index (χ2v) is 35.0. The number of unbranched alkanes of at least 4 members (excludes halogenated alkanes) is 3. The van der Waals surface area contributed by atoms with Crippen molar-refractivity contribution in [1.29, 1.82) is 0 Å². The van der Waals surface area contributed by atoms with Crippen molar-refractivity contribution in [3.63, 3.8) is 0 Å². The summed E-state index contributed by atoms with van der Waals surface area (Å²) in [7, 11) is 0. The Hall–Kier alpha value is -6.94. The van der Waals surface area contributed by atoms with Gasteiger partial charge in [0, 0.05) is 117 Å². The van der Waals surface area contributed by atoms with Crippen LogP contribution in [0.5, 0.6) is 0 Å². The molecule has 0 radical (unpaired) electrons. The number of hydrogen-bond acceptors (Lipinski definition) is 12. The minimum absolute atomic E-state index is 0.0789. The predicted octanol–water partition coefficient (Wildman–Crippen LogP) is 10.5. The predicted molar refractivity (Wildman–Crippen MR) is 324 cm³/mol. The van der Waals surface area contributed by atoms with E-state index in [1.54, 1.807) is 56.4 Å². The number of pyridine rings is 2. The monoisotopic (exact) mass is 1320 g/mol. The number of Topliss-reactive ketones (excluding diaryl/α,β-unsaturated/α-hetero) is 2. The summed E-state index contributed by atoms with van der Waals surface area (Å²) in [5, 5.41) is 1.43. The number of fused-ring (bicyclic) bond motifs is 2. The van der Waals surface area contributed by atoms with Gasteiger partial charge >= 0.3 is 123 Å². The van der Waals surface area contributed by atoms with Crippen LogP contribution < -0.4 is 3.58 Å². The first-order chi connectivity index (χ1) is 39.8. The van der Waals surface area contributed by atoms with E-state index in [1.165, 1.54) is 92.7 Å². The number of H-pyrrole nitrogens is 2. The van der Waals surface area contributed by atoms with E-state index < -0.39 is 41.8 Å². The van der Waals surface area contributed by atoms with Crippen LogP contribution >= 0.6 is 39.1 Å². The van der Waals surface area contributed by atoms with E-state index >= 15 is 0 Å². The Kier molecular flexibility index (Phi) is 21.9. The van der Waals surface area contributed by atoms with Crippen molar-refractivity contribution in [2.45, 2.75) is 72.6 Å². The van der Waals surface area contributed by atoms with Gasteiger partial charge in [0.25, 0.3) is 35.2 Å². The standard InChI is InChI=1S/C24H19ClN6O3.C20H16BrClN4O3.C4H3N2.3C4H9.Sn/c25-18-13-29-20(16-10-26-14-27-11-16)21-19(18)17(12-28-21)22(32)24(34)31-8-6-30(7-9-31)23(33)15-4-2-1-3-5-15;21-18-16-15(14(22)11-24-18)13(10-23-16)17(27)20(29)26-8-6-25(7-9-26)19(28)12-4-2-1-3-5-12;1-2-5-4-6-3-1;3*1-3-4-2;/h1-5,10-14,28H,6-9H2;1-5,10-11,23H,6-9H2;2-4H;3*1,3-4H2,2H3;. The van der Waals surface area contributed by atoms with Crippen molar-refractivity contribution < 1.29 is 28.8 Å². The molecule has 6 aromatic heterocycles. The molecule has 0 saturated carbocycles. The van der Waals surface area contributed by atoms with E-state index in [0.29, 0.717) is 93.1 Å². The molecular formula is C60H65BrCl2N12O6Sn. The number of benzene rings is 2. The largest absolute Gasteiger partial charge is 0.359 e. The number of rotatable bonds is 17. The number of aromatic amines is 2. The van der Waals surface area contributed by atoms with Crippen LogP contribution in [0.25, 0.3) is 33.1 Å². The molecule has 0 spiro atoms. The molecule has 2 aromatic carbocycles. The molecule has 0 atom stereocenters. The molecule has 2 saturated heterocycles. The van der Waals surface area contributed by atoms with Crippen LogP contribution in [-0.2, 0) is 9.59 Å². The molecular weight excluding hydrogens is 1250 g/mol. The molecule has 0 unspecified atom stereocenters. The number of aromatic nitrogens is 8. The van der Waals surface area contributed by atoms with E-state index in [9.17, 15) is 28.8 Å². The molecule has 0 bridgehead atoms. The molecule has 22 heteroatoms. The number of hydrogen-bond donors (Lipinski definition) is 2. The zero-order valence-corrected chi connectivity index (χ0v) is 52.1. The first kappa shape index (κ1) is 61.1. The first-order valence-corrected chi connectivity index (χ1v) is 36.7. The van der Waals surface area contributed by atoms with E-state index in [-0.39, 0.29) is 41.1 Å². The van der Waals surface area contributed by atoms with Crippen molar-refractivity contribution in [2.24, 2.45) is 0 Å². The topological polar surface area (TPSA) is 224 Å². The van der Waals surface area contributed by atoms with Crippen LogP contribution in [-0.4, -0.2) is 165 Å². The Bertz CT molecular complexity index is 3470. The summed E-state index contributed by atoms with van der Waals surface area (Å²) in [5.41, 5.74) is 3.85. The summed E-state index contributed by atoms with van der Waals surface area (Å²) in [6, 6.07) is 18.0. The maximum atomic E-state index is 13.2. The molecule has 426 valence electrons. The first-order valence-electron chi connectivity index (χ1n) is 27.6. The maximum absolute atomic E-state index is 13.2. The third-order valence-electron chi connectivity index (χ3n) is 14.9. The van der Waals surface area contributed by atoms with Crippen molar-refractivity contribution >= 4 is 118 Å². The van der Waals surface area contributed by atoms with E-state index in [2.05, 4.69) is 89.0 Å². The number of nitrogens with zero attached hydrogens (tertiary/aromatic N) is 10. The van der Waals surface area contributed by atoms with Crippen LogP contribution in [0.15, 0.2) is 127 Å². The van der Waals surface area contributed by atoms with Gasteiger partial charge in [0.15, 0.2) is 0 Å². The van der Waals surface area contributed by atoms with Gasteiger partial charge in [-0.25, -0.2) is 15.0 Å². The van der Waals surface area contributed by atoms with Gasteiger partial charge < -0.3 is 29.6 Å². The van der Waals surface area contributed by atoms with Crippen molar-refractivity contribution in [3.05, 3.63) is 160 Å². The van der Waals surface area contributed by atoms with E-state index in [0.717, 1.165) is 0 Å². The summed E-state index contributed by atoms with van der Waals surface area (Å²) in [6.45, 7) is 9.53. The van der Waals surface area contributed by atoms with Gasteiger partial charge in [-0.3, -0.25) is 33.8 Å². The van der Waals surface area contributed by atoms with Crippen molar-refractivity contribution in [2.75, 3.05) is 52.4 Å². The second kappa shape index (κ2) is 29.3. The molecule has 82 heavy (non-hydrogen) atoms. The quantitative estimate of drug-likeness (QED) is 0.0376. The smallest absolute Gasteiger partial charge is 0.295 e. The number of piperazine rings is 2. The summed E-state index contributed by atoms with van der Waals surface area (Å²) >= 11 is 13.7. The zero-order valence-electron chi connectivity index (χ0n) is 46.1. The molecule has 8 heterocycles. The SMILES string of the molecule is CCC[CH2][Sn]([CH2]CCC)([CH2]CCC)[c]1cncnc1.O=C(C(=O)N1CCN(C(=O)c2ccccc2)CC1)c1c[nH]c2c(-c3cncnc3)ncc(Cl)c12.O=C(C(=O)N1CCN(C(=O)c2ccccc2)CC1)c1c[nH]c2c(Br)ncc(Cl)c12. The van der Waals surface area contributed by atoms with Gasteiger partial charge in [0.05, 0.1) is 37.9 Å². The Morgan fingerprint density at radius 1 is 0.524 bits per heavy atom. The number of carbonyl (C=O) groups excluding carboxylic acids is 6. The normalized spacial score (nSPS) is 13.5. The van der Waals surface area contributed by atoms with Gasteiger partial charge in [-0.15, -0.1) is 0 Å². The van der Waals surface area contributed by atoms with Crippen LogP contribution in [0.3, 0.4) is 0 Å². The Morgan fingerprint density at radius 2 is 0.915 bits per heavy atom. The Labute approximate surface area is 498 Å². The summed E-state index contributed by atoms with van der Waals surface area (Å²) in [6.07, 6.45) is 24.6. The van der Waals surface area contributed by atoms with E-state index in [4.69, 9.17) is 23.2 Å². The summed E-state index contributed by atoms with van der Waals surface area (Å²) < 4.78 is 6.58. The second-order valence-electron chi connectivity index (χ2n) is 20.2. The molecule has 18 nitrogen and oxygen atoms in total. The van der Waals surface area contributed by atoms with Crippen molar-refractivity contribution in [3.8, 4) is 11.3 Å². The third-order valence-corrected chi connectivity index (χ3v) is 31.6. The Balaban J connectivity index is 0.000000168.